The number of pyridine rings is 1. The Hall–Kier alpha value is -2.92. The van der Waals surface area contributed by atoms with E-state index in [4.69, 9.17) is 4.74 Å². The van der Waals surface area contributed by atoms with Crippen molar-refractivity contribution in [2.75, 3.05) is 18.4 Å². The number of hydrogen-bond donors (Lipinski definition) is 2. The summed E-state index contributed by atoms with van der Waals surface area (Å²) in [5, 5.41) is 8.40. The number of rotatable bonds is 4. The molecule has 0 bridgehead atoms. The summed E-state index contributed by atoms with van der Waals surface area (Å²) in [6.07, 6.45) is 5.88. The minimum Gasteiger partial charge on any atom is -0.490 e. The molecule has 1 saturated heterocycles. The zero-order chi connectivity index (χ0) is 18.6. The maximum Gasteiger partial charge on any atom is 0.221 e. The number of benzene rings is 2. The van der Waals surface area contributed by atoms with Crippen molar-refractivity contribution in [3.8, 4) is 16.9 Å². The number of piperidine rings is 1. The lowest BCUT2D eigenvalue weighted by Gasteiger charge is -2.25. The number of carbonyl (C=O) groups is 1. The second-order valence-corrected chi connectivity index (χ2v) is 6.86. The predicted molar refractivity (Wildman–Crippen MR) is 108 cm³/mol. The van der Waals surface area contributed by atoms with Crippen molar-refractivity contribution in [3.05, 3.63) is 54.9 Å². The molecule has 2 heterocycles. The maximum absolute atomic E-state index is 11.5. The number of carbonyl (C=O) groups excluding carboxylic acids is 1. The fourth-order valence-corrected chi connectivity index (χ4v) is 3.59. The van der Waals surface area contributed by atoms with Crippen molar-refractivity contribution < 1.29 is 9.53 Å². The second-order valence-electron chi connectivity index (χ2n) is 6.86. The van der Waals surface area contributed by atoms with Crippen molar-refractivity contribution in [1.29, 1.82) is 0 Å². The van der Waals surface area contributed by atoms with Gasteiger partial charge in [-0.1, -0.05) is 12.1 Å². The van der Waals surface area contributed by atoms with Gasteiger partial charge in [-0.3, -0.25) is 9.78 Å². The highest BCUT2D eigenvalue weighted by Crippen LogP contribution is 2.38. The summed E-state index contributed by atoms with van der Waals surface area (Å²) in [4.78, 5) is 15.7. The van der Waals surface area contributed by atoms with Crippen LogP contribution in [0.2, 0.25) is 0 Å². The quantitative estimate of drug-likeness (QED) is 0.737. The van der Waals surface area contributed by atoms with E-state index in [1.54, 1.807) is 6.20 Å². The molecule has 1 fully saturated rings. The van der Waals surface area contributed by atoms with E-state index in [9.17, 15) is 4.79 Å². The molecule has 0 atom stereocenters. The molecule has 3 aromatic rings. The van der Waals surface area contributed by atoms with E-state index in [-0.39, 0.29) is 12.0 Å². The third-order valence-corrected chi connectivity index (χ3v) is 4.83. The first kappa shape index (κ1) is 17.5. The third-order valence-electron chi connectivity index (χ3n) is 4.83. The van der Waals surface area contributed by atoms with Crippen LogP contribution in [0.3, 0.4) is 0 Å². The minimum atomic E-state index is -0.0829. The van der Waals surface area contributed by atoms with Gasteiger partial charge in [-0.05, 0) is 67.2 Å². The number of ether oxygens (including phenoxy) is 1. The van der Waals surface area contributed by atoms with Gasteiger partial charge in [0.1, 0.15) is 11.9 Å². The monoisotopic (exact) mass is 361 g/mol. The SMILES string of the molecule is CC(=O)Nc1cccc(-c2c(OC3CCNCC3)ccc3cnccc23)c1. The fraction of sp³-hybridized carbons (Fsp3) is 0.273. The number of hydrogen-bond acceptors (Lipinski definition) is 4. The van der Waals surface area contributed by atoms with Crippen molar-refractivity contribution in [3.63, 3.8) is 0 Å². The van der Waals surface area contributed by atoms with Crippen LogP contribution >= 0.6 is 0 Å². The molecular weight excluding hydrogens is 338 g/mol. The summed E-state index contributed by atoms with van der Waals surface area (Å²) >= 11 is 0. The molecule has 0 aliphatic carbocycles. The molecule has 2 aromatic carbocycles. The van der Waals surface area contributed by atoms with E-state index in [0.717, 1.165) is 59.3 Å². The van der Waals surface area contributed by atoms with Gasteiger partial charge in [0, 0.05) is 36.0 Å². The standard InChI is InChI=1S/C22H23N3O2/c1-15(26)25-18-4-2-3-16(13-18)22-20-9-12-24-14-17(20)5-6-21(22)27-19-7-10-23-11-8-19/h2-6,9,12-14,19,23H,7-8,10-11H2,1H3,(H,25,26). The van der Waals surface area contributed by atoms with Crippen LogP contribution < -0.4 is 15.4 Å². The van der Waals surface area contributed by atoms with Crippen molar-refractivity contribution in [2.24, 2.45) is 0 Å². The Balaban J connectivity index is 1.81. The molecule has 27 heavy (non-hydrogen) atoms. The fourth-order valence-electron chi connectivity index (χ4n) is 3.59. The number of anilines is 1. The lowest BCUT2D eigenvalue weighted by Crippen LogP contribution is -2.34. The molecule has 1 amide bonds. The van der Waals surface area contributed by atoms with Crippen LogP contribution in [0.15, 0.2) is 54.9 Å². The van der Waals surface area contributed by atoms with E-state index in [0.29, 0.717) is 0 Å². The van der Waals surface area contributed by atoms with E-state index in [2.05, 4.69) is 27.8 Å². The van der Waals surface area contributed by atoms with Crippen LogP contribution in [0.25, 0.3) is 21.9 Å². The molecule has 4 rings (SSSR count). The van der Waals surface area contributed by atoms with Gasteiger partial charge in [0.25, 0.3) is 0 Å². The van der Waals surface area contributed by atoms with E-state index in [1.807, 2.05) is 36.5 Å². The van der Waals surface area contributed by atoms with Crippen LogP contribution in [0.4, 0.5) is 5.69 Å². The molecule has 0 saturated carbocycles. The van der Waals surface area contributed by atoms with Gasteiger partial charge < -0.3 is 15.4 Å². The molecule has 0 unspecified atom stereocenters. The van der Waals surface area contributed by atoms with Crippen LogP contribution in [-0.4, -0.2) is 30.1 Å². The van der Waals surface area contributed by atoms with Gasteiger partial charge >= 0.3 is 0 Å². The minimum absolute atomic E-state index is 0.0829. The molecule has 1 aliphatic rings. The zero-order valence-electron chi connectivity index (χ0n) is 15.4. The summed E-state index contributed by atoms with van der Waals surface area (Å²) in [5.41, 5.74) is 2.83. The lowest BCUT2D eigenvalue weighted by atomic mass is 9.97. The summed E-state index contributed by atoms with van der Waals surface area (Å²) in [5.74, 6) is 0.793. The highest BCUT2D eigenvalue weighted by Gasteiger charge is 2.18. The molecule has 0 spiro atoms. The smallest absolute Gasteiger partial charge is 0.221 e. The average Bonchev–Trinajstić information content (AvgIpc) is 2.68. The van der Waals surface area contributed by atoms with Gasteiger partial charge in [0.05, 0.1) is 0 Å². The number of nitrogens with one attached hydrogen (secondary N) is 2. The van der Waals surface area contributed by atoms with Gasteiger partial charge in [-0.25, -0.2) is 0 Å². The Morgan fingerprint density at radius 3 is 2.85 bits per heavy atom. The highest BCUT2D eigenvalue weighted by molar-refractivity contribution is 6.00. The Morgan fingerprint density at radius 1 is 1.19 bits per heavy atom. The van der Waals surface area contributed by atoms with Crippen LogP contribution in [-0.2, 0) is 4.79 Å². The topological polar surface area (TPSA) is 63.2 Å². The third kappa shape index (κ3) is 3.93. The van der Waals surface area contributed by atoms with Gasteiger partial charge in [0.2, 0.25) is 5.91 Å². The van der Waals surface area contributed by atoms with Gasteiger partial charge in [-0.15, -0.1) is 0 Å². The Kier molecular flexibility index (Phi) is 5.03. The first-order valence-corrected chi connectivity index (χ1v) is 9.33. The predicted octanol–water partition coefficient (Wildman–Crippen LogP) is 3.99. The zero-order valence-corrected chi connectivity index (χ0v) is 15.4. The summed E-state index contributed by atoms with van der Waals surface area (Å²) in [7, 11) is 0. The number of amides is 1. The van der Waals surface area contributed by atoms with E-state index < -0.39 is 0 Å². The first-order valence-electron chi connectivity index (χ1n) is 9.33. The average molecular weight is 361 g/mol. The normalized spacial score (nSPS) is 14.9. The van der Waals surface area contributed by atoms with E-state index >= 15 is 0 Å². The molecule has 5 heteroatoms. The molecule has 1 aliphatic heterocycles. The number of nitrogens with zero attached hydrogens (tertiary/aromatic N) is 1. The lowest BCUT2D eigenvalue weighted by molar-refractivity contribution is -0.114. The molecular formula is C22H23N3O2. The summed E-state index contributed by atoms with van der Waals surface area (Å²) in [6, 6.07) is 14.0. The summed E-state index contributed by atoms with van der Waals surface area (Å²) < 4.78 is 6.42. The van der Waals surface area contributed by atoms with Crippen molar-refractivity contribution in [1.82, 2.24) is 10.3 Å². The van der Waals surface area contributed by atoms with Gasteiger partial charge in [-0.2, -0.15) is 0 Å². The first-order chi connectivity index (χ1) is 13.2. The van der Waals surface area contributed by atoms with Crippen molar-refractivity contribution >= 4 is 22.4 Å². The second kappa shape index (κ2) is 7.76. The molecule has 138 valence electrons. The van der Waals surface area contributed by atoms with E-state index in [1.165, 1.54) is 6.92 Å². The molecule has 0 radical (unpaired) electrons. The Bertz CT molecular complexity index is 965. The van der Waals surface area contributed by atoms with Crippen LogP contribution in [0.1, 0.15) is 19.8 Å². The molecule has 1 aromatic heterocycles. The van der Waals surface area contributed by atoms with Crippen LogP contribution in [0, 0.1) is 0 Å². The molecule has 2 N–H and O–H groups in total. The van der Waals surface area contributed by atoms with Crippen molar-refractivity contribution in [2.45, 2.75) is 25.9 Å². The number of fused-ring (bicyclic) bond motifs is 1. The molecule has 5 nitrogen and oxygen atoms in total. The maximum atomic E-state index is 11.5. The largest absolute Gasteiger partial charge is 0.490 e. The Morgan fingerprint density at radius 2 is 2.04 bits per heavy atom. The highest BCUT2D eigenvalue weighted by atomic mass is 16.5. The number of aromatic nitrogens is 1. The summed E-state index contributed by atoms with van der Waals surface area (Å²) in [6.45, 7) is 3.48. The Labute approximate surface area is 158 Å². The van der Waals surface area contributed by atoms with Gasteiger partial charge in [0.15, 0.2) is 0 Å². The van der Waals surface area contributed by atoms with Crippen LogP contribution in [0.5, 0.6) is 5.75 Å².